The first kappa shape index (κ1) is 13.6. The largest absolute Gasteiger partial charge is 0.326 e. The van der Waals surface area contributed by atoms with Crippen LogP contribution in [0.3, 0.4) is 0 Å². The van der Waals surface area contributed by atoms with Crippen molar-refractivity contribution >= 4 is 11.6 Å². The van der Waals surface area contributed by atoms with E-state index >= 15 is 0 Å². The van der Waals surface area contributed by atoms with E-state index in [4.69, 9.17) is 0 Å². The van der Waals surface area contributed by atoms with Crippen molar-refractivity contribution in [2.45, 2.75) is 32.6 Å². The molecule has 1 aliphatic carbocycles. The van der Waals surface area contributed by atoms with Crippen LogP contribution in [-0.2, 0) is 4.79 Å². The molecule has 0 bridgehead atoms. The van der Waals surface area contributed by atoms with Gasteiger partial charge in [0.1, 0.15) is 0 Å². The quantitative estimate of drug-likeness (QED) is 0.893. The van der Waals surface area contributed by atoms with Crippen LogP contribution in [-0.4, -0.2) is 30.4 Å². The van der Waals surface area contributed by atoms with Crippen LogP contribution in [0.15, 0.2) is 24.3 Å². The molecular weight excluding hydrogens is 248 g/mol. The number of hydrogen-bond donors (Lipinski definition) is 1. The molecule has 0 atom stereocenters. The summed E-state index contributed by atoms with van der Waals surface area (Å²) in [5.74, 6) is 1.71. The third-order valence-corrected chi connectivity index (χ3v) is 4.38. The van der Waals surface area contributed by atoms with Crippen LogP contribution in [0.5, 0.6) is 0 Å². The number of rotatable bonds is 5. The van der Waals surface area contributed by atoms with Gasteiger partial charge < -0.3 is 10.2 Å². The Labute approximate surface area is 121 Å². The number of carbonyl (C=O) groups is 1. The summed E-state index contributed by atoms with van der Waals surface area (Å²) < 4.78 is 0. The molecule has 3 nitrogen and oxygen atoms in total. The fourth-order valence-electron chi connectivity index (χ4n) is 2.90. The van der Waals surface area contributed by atoms with Crippen molar-refractivity contribution in [1.82, 2.24) is 4.90 Å². The number of likely N-dealkylation sites (tertiary alicyclic amines) is 1. The summed E-state index contributed by atoms with van der Waals surface area (Å²) >= 11 is 0. The molecule has 2 aliphatic rings. The molecule has 1 heterocycles. The van der Waals surface area contributed by atoms with Gasteiger partial charge in [0.15, 0.2) is 0 Å². The average Bonchev–Trinajstić information content (AvgIpc) is 3.17. The van der Waals surface area contributed by atoms with Crippen molar-refractivity contribution in [3.05, 3.63) is 29.8 Å². The highest BCUT2D eigenvalue weighted by atomic mass is 16.2. The average molecular weight is 272 g/mol. The van der Waals surface area contributed by atoms with E-state index in [0.29, 0.717) is 5.92 Å². The van der Waals surface area contributed by atoms with Crippen LogP contribution in [0.2, 0.25) is 0 Å². The first-order chi connectivity index (χ1) is 9.63. The van der Waals surface area contributed by atoms with Crippen LogP contribution >= 0.6 is 0 Å². The third kappa shape index (κ3) is 3.04. The van der Waals surface area contributed by atoms with E-state index in [-0.39, 0.29) is 11.8 Å². The van der Waals surface area contributed by atoms with Gasteiger partial charge in [-0.15, -0.1) is 0 Å². The minimum absolute atomic E-state index is 0.175. The highest BCUT2D eigenvalue weighted by Crippen LogP contribution is 2.32. The van der Waals surface area contributed by atoms with Crippen molar-refractivity contribution in [3.63, 3.8) is 0 Å². The molecule has 0 radical (unpaired) electrons. The molecule has 20 heavy (non-hydrogen) atoms. The number of amides is 1. The van der Waals surface area contributed by atoms with Gasteiger partial charge in [-0.2, -0.15) is 0 Å². The number of anilines is 1. The Hall–Kier alpha value is -1.35. The summed E-state index contributed by atoms with van der Waals surface area (Å²) in [6.45, 7) is 7.39. The number of carbonyl (C=O) groups excluding carboxylic acids is 1. The molecule has 3 heteroatoms. The van der Waals surface area contributed by atoms with Gasteiger partial charge >= 0.3 is 0 Å². The lowest BCUT2D eigenvalue weighted by Gasteiger charge is -2.38. The lowest BCUT2D eigenvalue weighted by Crippen LogP contribution is -2.52. The summed E-state index contributed by atoms with van der Waals surface area (Å²) in [5, 5.41) is 3.12. The van der Waals surface area contributed by atoms with E-state index in [1.165, 1.54) is 24.9 Å². The standard InChI is InChI=1S/C17H24N2O/c1-12(2)15-5-3-4-6-16(15)18-17(20)14-10-19(11-14)9-13-7-8-13/h3-6,12-14H,7-11H2,1-2H3,(H,18,20). The molecule has 2 fully saturated rings. The monoisotopic (exact) mass is 272 g/mol. The van der Waals surface area contributed by atoms with E-state index in [1.807, 2.05) is 18.2 Å². The van der Waals surface area contributed by atoms with Gasteiger partial charge in [0, 0.05) is 25.3 Å². The maximum atomic E-state index is 12.3. The Morgan fingerprint density at radius 3 is 2.65 bits per heavy atom. The summed E-state index contributed by atoms with van der Waals surface area (Å²) in [7, 11) is 0. The van der Waals surface area contributed by atoms with Crippen LogP contribution in [0.25, 0.3) is 0 Å². The zero-order valence-corrected chi connectivity index (χ0v) is 12.4. The summed E-state index contributed by atoms with van der Waals surface area (Å²) in [5.41, 5.74) is 2.20. The van der Waals surface area contributed by atoms with E-state index in [0.717, 1.165) is 24.7 Å². The van der Waals surface area contributed by atoms with Crippen molar-refractivity contribution in [2.24, 2.45) is 11.8 Å². The van der Waals surface area contributed by atoms with Crippen molar-refractivity contribution < 1.29 is 4.79 Å². The molecular formula is C17H24N2O. The number of para-hydroxylation sites is 1. The van der Waals surface area contributed by atoms with Crippen molar-refractivity contribution in [1.29, 1.82) is 0 Å². The zero-order chi connectivity index (χ0) is 14.1. The molecule has 1 N–H and O–H groups in total. The summed E-state index contributed by atoms with van der Waals surface area (Å²) in [4.78, 5) is 14.7. The number of benzene rings is 1. The van der Waals surface area contributed by atoms with Crippen LogP contribution in [0, 0.1) is 11.8 Å². The SMILES string of the molecule is CC(C)c1ccccc1NC(=O)C1CN(CC2CC2)C1. The predicted molar refractivity (Wildman–Crippen MR) is 81.8 cm³/mol. The van der Waals surface area contributed by atoms with Gasteiger partial charge in [-0.05, 0) is 36.3 Å². The van der Waals surface area contributed by atoms with E-state index < -0.39 is 0 Å². The minimum Gasteiger partial charge on any atom is -0.326 e. The molecule has 1 amide bonds. The van der Waals surface area contributed by atoms with Gasteiger partial charge in [0.25, 0.3) is 0 Å². The zero-order valence-electron chi connectivity index (χ0n) is 12.4. The van der Waals surface area contributed by atoms with Crippen LogP contribution in [0.4, 0.5) is 5.69 Å². The van der Waals surface area contributed by atoms with Gasteiger partial charge in [0.05, 0.1) is 5.92 Å². The third-order valence-electron chi connectivity index (χ3n) is 4.38. The molecule has 1 saturated carbocycles. The molecule has 108 valence electrons. The topological polar surface area (TPSA) is 32.3 Å². The smallest absolute Gasteiger partial charge is 0.230 e. The van der Waals surface area contributed by atoms with Gasteiger partial charge in [-0.3, -0.25) is 4.79 Å². The highest BCUT2D eigenvalue weighted by Gasteiger charge is 2.36. The molecule has 0 aromatic heterocycles. The first-order valence-electron chi connectivity index (χ1n) is 7.75. The predicted octanol–water partition coefficient (Wildman–Crippen LogP) is 3.09. The van der Waals surface area contributed by atoms with E-state index in [2.05, 4.69) is 30.1 Å². The lowest BCUT2D eigenvalue weighted by atomic mass is 9.97. The van der Waals surface area contributed by atoms with Crippen molar-refractivity contribution in [3.8, 4) is 0 Å². The lowest BCUT2D eigenvalue weighted by molar-refractivity contribution is -0.124. The Bertz CT molecular complexity index is 488. The number of nitrogens with one attached hydrogen (secondary N) is 1. The highest BCUT2D eigenvalue weighted by molar-refractivity contribution is 5.94. The summed E-state index contributed by atoms with van der Waals surface area (Å²) in [6.07, 6.45) is 2.77. The normalized spacial score (nSPS) is 19.9. The van der Waals surface area contributed by atoms with Gasteiger partial charge in [-0.25, -0.2) is 0 Å². The van der Waals surface area contributed by atoms with Crippen molar-refractivity contribution in [2.75, 3.05) is 25.0 Å². The Morgan fingerprint density at radius 1 is 1.30 bits per heavy atom. The molecule has 3 rings (SSSR count). The van der Waals surface area contributed by atoms with E-state index in [9.17, 15) is 4.79 Å². The molecule has 1 aliphatic heterocycles. The molecule has 1 aromatic carbocycles. The van der Waals surface area contributed by atoms with Gasteiger partial charge in [0.2, 0.25) is 5.91 Å². The van der Waals surface area contributed by atoms with E-state index in [1.54, 1.807) is 0 Å². The maximum absolute atomic E-state index is 12.3. The molecule has 1 saturated heterocycles. The van der Waals surface area contributed by atoms with Gasteiger partial charge in [-0.1, -0.05) is 32.0 Å². The maximum Gasteiger partial charge on any atom is 0.230 e. The Morgan fingerprint density at radius 2 is 2.00 bits per heavy atom. The molecule has 0 spiro atoms. The second-order valence-electron chi connectivity index (χ2n) is 6.59. The van der Waals surface area contributed by atoms with Crippen LogP contribution in [0.1, 0.15) is 38.2 Å². The number of hydrogen-bond acceptors (Lipinski definition) is 2. The Balaban J connectivity index is 1.54. The van der Waals surface area contributed by atoms with Crippen LogP contribution < -0.4 is 5.32 Å². The number of nitrogens with zero attached hydrogens (tertiary/aromatic N) is 1. The molecule has 0 unspecified atom stereocenters. The second kappa shape index (κ2) is 5.57. The second-order valence-corrected chi connectivity index (χ2v) is 6.59. The first-order valence-corrected chi connectivity index (χ1v) is 7.75. The fraction of sp³-hybridized carbons (Fsp3) is 0.588. The Kier molecular flexibility index (Phi) is 3.79. The molecule has 1 aromatic rings. The summed E-state index contributed by atoms with van der Waals surface area (Å²) in [6, 6.07) is 8.13. The minimum atomic E-state index is 0.175. The fourth-order valence-corrected chi connectivity index (χ4v) is 2.90.